The lowest BCUT2D eigenvalue weighted by atomic mass is 10.2. The van der Waals surface area contributed by atoms with Gasteiger partial charge in [0.05, 0.1) is 0 Å². The second-order valence-electron chi connectivity index (χ2n) is 4.10. The van der Waals surface area contributed by atoms with Crippen LogP contribution in [-0.2, 0) is 0 Å². The quantitative estimate of drug-likeness (QED) is 0.276. The standard InChI is InChI=1S/C13H22N4/c1-4-5-10-15-13(16-14)17(3)12-8-6-11(2)7-9-12/h6-9H,4-5,10,14H2,1-3H3,(H,15,16). The van der Waals surface area contributed by atoms with E-state index in [9.17, 15) is 0 Å². The van der Waals surface area contributed by atoms with Crippen LogP contribution in [0.5, 0.6) is 0 Å². The number of hydrogen-bond donors (Lipinski definition) is 2. The number of nitrogens with two attached hydrogens (primary N) is 1. The minimum atomic E-state index is 0.697. The lowest BCUT2D eigenvalue weighted by molar-refractivity contribution is 0.797. The lowest BCUT2D eigenvalue weighted by Gasteiger charge is -2.20. The van der Waals surface area contributed by atoms with Gasteiger partial charge in [-0.25, -0.2) is 5.84 Å². The summed E-state index contributed by atoms with van der Waals surface area (Å²) in [5.74, 6) is 6.20. The van der Waals surface area contributed by atoms with E-state index in [2.05, 4.69) is 48.5 Å². The van der Waals surface area contributed by atoms with Crippen molar-refractivity contribution in [1.29, 1.82) is 0 Å². The van der Waals surface area contributed by atoms with Crippen LogP contribution in [0.2, 0.25) is 0 Å². The van der Waals surface area contributed by atoms with Gasteiger partial charge in [-0.1, -0.05) is 31.0 Å². The summed E-state index contributed by atoms with van der Waals surface area (Å²) in [5, 5.41) is 0. The molecule has 0 aliphatic carbocycles. The van der Waals surface area contributed by atoms with Crippen molar-refractivity contribution in [2.45, 2.75) is 26.7 Å². The molecule has 0 atom stereocenters. The third-order valence-corrected chi connectivity index (χ3v) is 2.64. The molecule has 0 fully saturated rings. The molecule has 0 aromatic heterocycles. The second-order valence-corrected chi connectivity index (χ2v) is 4.10. The zero-order valence-corrected chi connectivity index (χ0v) is 10.9. The maximum atomic E-state index is 5.50. The van der Waals surface area contributed by atoms with Gasteiger partial charge < -0.3 is 4.90 Å². The number of hydrogen-bond acceptors (Lipinski definition) is 2. The van der Waals surface area contributed by atoms with Crippen molar-refractivity contribution in [2.75, 3.05) is 18.5 Å². The van der Waals surface area contributed by atoms with Crippen LogP contribution in [0, 0.1) is 6.92 Å². The van der Waals surface area contributed by atoms with Crippen molar-refractivity contribution in [3.8, 4) is 0 Å². The Labute approximate surface area is 104 Å². The highest BCUT2D eigenvalue weighted by Gasteiger charge is 2.06. The molecule has 1 aromatic carbocycles. The first-order chi connectivity index (χ1) is 8.19. The van der Waals surface area contributed by atoms with Crippen LogP contribution in [0.3, 0.4) is 0 Å². The third kappa shape index (κ3) is 4.07. The molecule has 17 heavy (non-hydrogen) atoms. The number of hydrazine groups is 1. The van der Waals surface area contributed by atoms with Gasteiger partial charge in [-0.05, 0) is 25.5 Å². The lowest BCUT2D eigenvalue weighted by Crippen LogP contribution is -2.43. The molecule has 0 saturated carbocycles. The summed E-state index contributed by atoms with van der Waals surface area (Å²) in [5.41, 5.74) is 4.97. The van der Waals surface area contributed by atoms with Crippen molar-refractivity contribution < 1.29 is 0 Å². The predicted octanol–water partition coefficient (Wildman–Crippen LogP) is 2.05. The monoisotopic (exact) mass is 234 g/mol. The van der Waals surface area contributed by atoms with E-state index < -0.39 is 0 Å². The van der Waals surface area contributed by atoms with Gasteiger partial charge in [-0.3, -0.25) is 10.4 Å². The molecule has 0 spiro atoms. The number of aliphatic imine (C=N–C) groups is 1. The van der Waals surface area contributed by atoms with E-state index >= 15 is 0 Å². The van der Waals surface area contributed by atoms with Crippen molar-refractivity contribution in [1.82, 2.24) is 5.43 Å². The van der Waals surface area contributed by atoms with Gasteiger partial charge in [0.15, 0.2) is 0 Å². The molecule has 0 aliphatic heterocycles. The summed E-state index contributed by atoms with van der Waals surface area (Å²) in [6.07, 6.45) is 2.21. The highest BCUT2D eigenvalue weighted by atomic mass is 15.4. The van der Waals surface area contributed by atoms with Gasteiger partial charge in [0.1, 0.15) is 0 Å². The van der Waals surface area contributed by atoms with E-state index in [1.165, 1.54) is 5.56 Å². The molecule has 0 amide bonds. The van der Waals surface area contributed by atoms with Crippen molar-refractivity contribution in [2.24, 2.45) is 10.8 Å². The summed E-state index contributed by atoms with van der Waals surface area (Å²) in [7, 11) is 1.95. The Morgan fingerprint density at radius 3 is 2.53 bits per heavy atom. The molecule has 0 saturated heterocycles. The van der Waals surface area contributed by atoms with E-state index in [-0.39, 0.29) is 0 Å². The SMILES string of the molecule is CCCCN=C(NN)N(C)c1ccc(C)cc1. The number of unbranched alkanes of at least 4 members (excludes halogenated alkanes) is 1. The number of rotatable bonds is 4. The van der Waals surface area contributed by atoms with E-state index in [1.807, 2.05) is 11.9 Å². The zero-order chi connectivity index (χ0) is 12.7. The topological polar surface area (TPSA) is 53.6 Å². The van der Waals surface area contributed by atoms with Crippen LogP contribution in [0.15, 0.2) is 29.3 Å². The largest absolute Gasteiger partial charge is 0.315 e. The summed E-state index contributed by atoms with van der Waals surface area (Å²) < 4.78 is 0. The maximum Gasteiger partial charge on any atom is 0.212 e. The van der Waals surface area contributed by atoms with Crippen molar-refractivity contribution >= 4 is 11.6 Å². The summed E-state index contributed by atoms with van der Waals surface area (Å²) in [4.78, 5) is 6.39. The van der Waals surface area contributed by atoms with Crippen molar-refractivity contribution in [3.05, 3.63) is 29.8 Å². The average Bonchev–Trinajstić information content (AvgIpc) is 2.35. The Kier molecular flexibility index (Phi) is 5.49. The van der Waals surface area contributed by atoms with Gasteiger partial charge in [0.2, 0.25) is 5.96 Å². The molecule has 3 N–H and O–H groups in total. The Morgan fingerprint density at radius 1 is 1.35 bits per heavy atom. The number of nitrogens with zero attached hydrogens (tertiary/aromatic N) is 2. The van der Waals surface area contributed by atoms with E-state index in [1.54, 1.807) is 0 Å². The molecule has 1 rings (SSSR count). The molecule has 0 radical (unpaired) electrons. The fraction of sp³-hybridized carbons (Fsp3) is 0.462. The van der Waals surface area contributed by atoms with Crippen LogP contribution in [0.1, 0.15) is 25.3 Å². The van der Waals surface area contributed by atoms with Crippen LogP contribution >= 0.6 is 0 Å². The van der Waals surface area contributed by atoms with Crippen LogP contribution in [-0.4, -0.2) is 19.6 Å². The van der Waals surface area contributed by atoms with Crippen molar-refractivity contribution in [3.63, 3.8) is 0 Å². The zero-order valence-electron chi connectivity index (χ0n) is 10.9. The molecule has 1 aromatic rings. The smallest absolute Gasteiger partial charge is 0.212 e. The molecule has 4 nitrogen and oxygen atoms in total. The van der Waals surface area contributed by atoms with Crippen LogP contribution in [0.4, 0.5) is 5.69 Å². The molecule has 94 valence electrons. The number of anilines is 1. The number of aryl methyl sites for hydroxylation is 1. The Morgan fingerprint density at radius 2 is 2.00 bits per heavy atom. The first-order valence-corrected chi connectivity index (χ1v) is 6.00. The molecule has 0 unspecified atom stereocenters. The van der Waals surface area contributed by atoms with Gasteiger partial charge in [0, 0.05) is 19.3 Å². The normalized spacial score (nSPS) is 11.4. The summed E-state index contributed by atoms with van der Waals surface area (Å²) in [6, 6.07) is 8.27. The first-order valence-electron chi connectivity index (χ1n) is 6.00. The summed E-state index contributed by atoms with van der Waals surface area (Å²) in [6.45, 7) is 5.02. The van der Waals surface area contributed by atoms with Gasteiger partial charge >= 0.3 is 0 Å². The minimum Gasteiger partial charge on any atom is -0.315 e. The minimum absolute atomic E-state index is 0.697. The molecular formula is C13H22N4. The van der Waals surface area contributed by atoms with Crippen LogP contribution < -0.4 is 16.2 Å². The summed E-state index contributed by atoms with van der Waals surface area (Å²) >= 11 is 0. The number of guanidine groups is 1. The highest BCUT2D eigenvalue weighted by Crippen LogP contribution is 2.13. The molecule has 0 aliphatic rings. The molecular weight excluding hydrogens is 212 g/mol. The third-order valence-electron chi connectivity index (χ3n) is 2.64. The Hall–Kier alpha value is -1.55. The van der Waals surface area contributed by atoms with E-state index in [4.69, 9.17) is 5.84 Å². The van der Waals surface area contributed by atoms with Gasteiger partial charge in [-0.15, -0.1) is 0 Å². The molecule has 0 heterocycles. The number of benzene rings is 1. The average molecular weight is 234 g/mol. The van der Waals surface area contributed by atoms with E-state index in [0.29, 0.717) is 5.96 Å². The highest BCUT2D eigenvalue weighted by molar-refractivity contribution is 5.95. The van der Waals surface area contributed by atoms with Crippen LogP contribution in [0.25, 0.3) is 0 Å². The predicted molar refractivity (Wildman–Crippen MR) is 74.1 cm³/mol. The Balaban J connectivity index is 2.74. The number of nitrogens with one attached hydrogen (secondary N) is 1. The van der Waals surface area contributed by atoms with E-state index in [0.717, 1.165) is 25.1 Å². The second kappa shape index (κ2) is 6.91. The maximum absolute atomic E-state index is 5.50. The molecule has 4 heteroatoms. The fourth-order valence-corrected chi connectivity index (χ4v) is 1.48. The first kappa shape index (κ1) is 13.5. The van der Waals surface area contributed by atoms with Gasteiger partial charge in [0.25, 0.3) is 0 Å². The van der Waals surface area contributed by atoms with Gasteiger partial charge in [-0.2, -0.15) is 0 Å². The Bertz CT molecular complexity index is 356. The molecule has 0 bridgehead atoms. The fourth-order valence-electron chi connectivity index (χ4n) is 1.48.